The van der Waals surface area contributed by atoms with Gasteiger partial charge < -0.3 is 4.90 Å². The Morgan fingerprint density at radius 3 is 2.62 bits per heavy atom. The summed E-state index contributed by atoms with van der Waals surface area (Å²) in [6, 6.07) is 0.183. The van der Waals surface area contributed by atoms with Gasteiger partial charge in [0.2, 0.25) is 5.91 Å². The van der Waals surface area contributed by atoms with Gasteiger partial charge in [-0.25, -0.2) is 0 Å². The first kappa shape index (κ1) is 16.9. The average molecular weight is 326 g/mol. The van der Waals surface area contributed by atoms with Crippen molar-refractivity contribution in [2.24, 2.45) is 11.8 Å². The zero-order valence-corrected chi connectivity index (χ0v) is 12.9. The Balaban J connectivity index is 1.95. The number of hydrogen-bond acceptors (Lipinski definition) is 1. The van der Waals surface area contributed by atoms with Crippen LogP contribution in [0.1, 0.15) is 51.4 Å². The standard InChI is InChI=1S/C15H23ClF3NO/c16-8-2-6-13-7-3-9-20(13)14(21)11-4-1-5-12(10-11)15(17,18)19/h11-13H,1-10H2. The molecule has 2 rings (SSSR count). The molecule has 1 saturated heterocycles. The van der Waals surface area contributed by atoms with Crippen LogP contribution in [0.3, 0.4) is 0 Å². The molecule has 0 aromatic carbocycles. The van der Waals surface area contributed by atoms with Crippen molar-refractivity contribution < 1.29 is 18.0 Å². The maximum Gasteiger partial charge on any atom is 0.391 e. The van der Waals surface area contributed by atoms with Crippen LogP contribution in [0.4, 0.5) is 13.2 Å². The summed E-state index contributed by atoms with van der Waals surface area (Å²) < 4.78 is 38.6. The summed E-state index contributed by atoms with van der Waals surface area (Å²) in [6.45, 7) is 0.693. The Kier molecular flexibility index (Phi) is 5.81. The normalized spacial score (nSPS) is 30.7. The number of amides is 1. The van der Waals surface area contributed by atoms with Gasteiger partial charge in [0.05, 0.1) is 5.92 Å². The summed E-state index contributed by atoms with van der Waals surface area (Å²) in [4.78, 5) is 14.4. The van der Waals surface area contributed by atoms with Gasteiger partial charge >= 0.3 is 6.18 Å². The third-order valence-corrected chi connectivity index (χ3v) is 5.08. The topological polar surface area (TPSA) is 20.3 Å². The first-order valence-electron chi connectivity index (χ1n) is 7.86. The van der Waals surface area contributed by atoms with Gasteiger partial charge in [0, 0.05) is 24.4 Å². The zero-order chi connectivity index (χ0) is 15.5. The van der Waals surface area contributed by atoms with Crippen LogP contribution >= 0.6 is 11.6 Å². The molecule has 3 atom stereocenters. The second kappa shape index (κ2) is 7.21. The predicted molar refractivity (Wildman–Crippen MR) is 76.2 cm³/mol. The van der Waals surface area contributed by atoms with Crippen LogP contribution in [-0.4, -0.2) is 35.4 Å². The molecule has 0 spiro atoms. The van der Waals surface area contributed by atoms with E-state index in [2.05, 4.69) is 0 Å². The molecule has 6 heteroatoms. The fraction of sp³-hybridized carbons (Fsp3) is 0.933. The van der Waals surface area contributed by atoms with E-state index in [4.69, 9.17) is 11.6 Å². The predicted octanol–water partition coefficient (Wildman–Crippen LogP) is 4.37. The van der Waals surface area contributed by atoms with Crippen molar-refractivity contribution in [1.82, 2.24) is 4.90 Å². The van der Waals surface area contributed by atoms with E-state index in [0.29, 0.717) is 25.3 Å². The van der Waals surface area contributed by atoms with E-state index in [9.17, 15) is 18.0 Å². The van der Waals surface area contributed by atoms with E-state index in [-0.39, 0.29) is 24.8 Å². The van der Waals surface area contributed by atoms with E-state index >= 15 is 0 Å². The molecule has 0 bridgehead atoms. The van der Waals surface area contributed by atoms with Crippen LogP contribution in [0.25, 0.3) is 0 Å². The van der Waals surface area contributed by atoms with Gasteiger partial charge in [-0.15, -0.1) is 11.6 Å². The summed E-state index contributed by atoms with van der Waals surface area (Å²) in [6.07, 6.45) is 0.708. The van der Waals surface area contributed by atoms with Gasteiger partial charge in [-0.2, -0.15) is 13.2 Å². The number of hydrogen-bond donors (Lipinski definition) is 0. The molecule has 0 radical (unpaired) electrons. The number of rotatable bonds is 4. The fourth-order valence-corrected chi connectivity index (χ4v) is 3.84. The molecule has 122 valence electrons. The van der Waals surface area contributed by atoms with Gasteiger partial charge in [0.15, 0.2) is 0 Å². The van der Waals surface area contributed by atoms with Crippen LogP contribution in [0.15, 0.2) is 0 Å². The highest BCUT2D eigenvalue weighted by molar-refractivity contribution is 6.17. The van der Waals surface area contributed by atoms with Crippen LogP contribution in [-0.2, 0) is 4.79 Å². The minimum Gasteiger partial charge on any atom is -0.339 e. The Labute approximate surface area is 129 Å². The highest BCUT2D eigenvalue weighted by atomic mass is 35.5. The van der Waals surface area contributed by atoms with Crippen LogP contribution in [0, 0.1) is 11.8 Å². The van der Waals surface area contributed by atoms with E-state index in [1.165, 1.54) is 0 Å². The molecule has 0 N–H and O–H groups in total. The second-order valence-electron chi connectivity index (χ2n) is 6.26. The lowest BCUT2D eigenvalue weighted by Gasteiger charge is -2.34. The number of carbonyl (C=O) groups is 1. The summed E-state index contributed by atoms with van der Waals surface area (Å²) in [5.74, 6) is -1.23. The molecule has 2 fully saturated rings. The van der Waals surface area contributed by atoms with Crippen LogP contribution < -0.4 is 0 Å². The molecule has 0 aromatic rings. The van der Waals surface area contributed by atoms with Crippen molar-refractivity contribution in [1.29, 1.82) is 0 Å². The summed E-state index contributed by atoms with van der Waals surface area (Å²) in [7, 11) is 0. The van der Waals surface area contributed by atoms with Crippen molar-refractivity contribution in [2.45, 2.75) is 63.6 Å². The maximum atomic E-state index is 12.9. The lowest BCUT2D eigenvalue weighted by molar-refractivity contribution is -0.187. The van der Waals surface area contributed by atoms with Gasteiger partial charge in [0.25, 0.3) is 0 Å². The number of likely N-dealkylation sites (tertiary alicyclic amines) is 1. The Morgan fingerprint density at radius 2 is 1.95 bits per heavy atom. The molecule has 21 heavy (non-hydrogen) atoms. The molecule has 2 aliphatic rings. The van der Waals surface area contributed by atoms with Crippen molar-refractivity contribution in [3.8, 4) is 0 Å². The fourth-order valence-electron chi connectivity index (χ4n) is 3.68. The van der Waals surface area contributed by atoms with E-state index < -0.39 is 18.0 Å². The maximum absolute atomic E-state index is 12.9. The number of halogens is 4. The number of carbonyl (C=O) groups excluding carboxylic acids is 1. The lowest BCUT2D eigenvalue weighted by atomic mass is 9.80. The molecule has 1 aliphatic carbocycles. The highest BCUT2D eigenvalue weighted by Crippen LogP contribution is 2.41. The van der Waals surface area contributed by atoms with Gasteiger partial charge in [0.1, 0.15) is 0 Å². The Bertz CT molecular complexity index is 361. The molecule has 2 nitrogen and oxygen atoms in total. The quantitative estimate of drug-likeness (QED) is 0.703. The third-order valence-electron chi connectivity index (χ3n) is 4.82. The number of nitrogens with zero attached hydrogens (tertiary/aromatic N) is 1. The first-order chi connectivity index (χ1) is 9.93. The van der Waals surface area contributed by atoms with E-state index in [1.54, 1.807) is 0 Å². The van der Waals surface area contributed by atoms with E-state index in [1.807, 2.05) is 4.90 Å². The van der Waals surface area contributed by atoms with Gasteiger partial charge in [-0.05, 0) is 44.9 Å². The molecule has 1 aliphatic heterocycles. The minimum absolute atomic E-state index is 0.0267. The van der Waals surface area contributed by atoms with Crippen molar-refractivity contribution in [3.63, 3.8) is 0 Å². The van der Waals surface area contributed by atoms with Crippen molar-refractivity contribution >= 4 is 17.5 Å². The van der Waals surface area contributed by atoms with Gasteiger partial charge in [-0.1, -0.05) is 6.42 Å². The zero-order valence-electron chi connectivity index (χ0n) is 12.2. The van der Waals surface area contributed by atoms with Crippen LogP contribution in [0.2, 0.25) is 0 Å². The first-order valence-corrected chi connectivity index (χ1v) is 8.40. The Morgan fingerprint density at radius 1 is 1.19 bits per heavy atom. The Hall–Kier alpha value is -0.450. The smallest absolute Gasteiger partial charge is 0.339 e. The number of alkyl halides is 4. The van der Waals surface area contributed by atoms with Crippen molar-refractivity contribution in [3.05, 3.63) is 0 Å². The van der Waals surface area contributed by atoms with E-state index in [0.717, 1.165) is 25.7 Å². The molecular weight excluding hydrogens is 303 g/mol. The molecule has 1 amide bonds. The lowest BCUT2D eigenvalue weighted by Crippen LogP contribution is -2.42. The summed E-state index contributed by atoms with van der Waals surface area (Å²) in [5, 5.41) is 0. The molecule has 1 heterocycles. The second-order valence-corrected chi connectivity index (χ2v) is 6.64. The average Bonchev–Trinajstić information content (AvgIpc) is 2.92. The minimum atomic E-state index is -4.16. The molecule has 3 unspecified atom stereocenters. The summed E-state index contributed by atoms with van der Waals surface area (Å²) >= 11 is 5.70. The largest absolute Gasteiger partial charge is 0.391 e. The third kappa shape index (κ3) is 4.27. The summed E-state index contributed by atoms with van der Waals surface area (Å²) in [5.41, 5.74) is 0. The van der Waals surface area contributed by atoms with Gasteiger partial charge in [-0.3, -0.25) is 4.79 Å². The monoisotopic (exact) mass is 325 g/mol. The SMILES string of the molecule is O=C(C1CCCC(C(F)(F)F)C1)N1CCCC1CCCCl. The molecule has 1 saturated carbocycles. The van der Waals surface area contributed by atoms with Crippen LogP contribution in [0.5, 0.6) is 0 Å². The highest BCUT2D eigenvalue weighted by Gasteiger charge is 2.45. The van der Waals surface area contributed by atoms with Crippen molar-refractivity contribution in [2.75, 3.05) is 12.4 Å². The molecular formula is C15H23ClF3NO. The molecule has 0 aromatic heterocycles.